The maximum Gasteiger partial charge on any atom is 0.306 e. The van der Waals surface area contributed by atoms with E-state index in [-0.39, 0.29) is 26.1 Å². The number of hydrogen-bond donors (Lipinski definition) is 0. The van der Waals surface area contributed by atoms with Crippen LogP contribution in [0.2, 0.25) is 0 Å². The van der Waals surface area contributed by atoms with Crippen molar-refractivity contribution < 1.29 is 42.1 Å². The molecule has 0 aromatic heterocycles. The summed E-state index contributed by atoms with van der Waals surface area (Å²) in [4.78, 5) is 37.6. The fourth-order valence-corrected chi connectivity index (χ4v) is 8.36. The first-order valence-electron chi connectivity index (χ1n) is 27.2. The van der Waals surface area contributed by atoms with E-state index < -0.39 is 32.5 Å². The average Bonchev–Trinajstić information content (AvgIpc) is 3.26. The number of carbonyl (C=O) groups excluding carboxylic acids is 2. The van der Waals surface area contributed by atoms with Crippen molar-refractivity contribution in [1.29, 1.82) is 0 Å². The summed E-state index contributed by atoms with van der Waals surface area (Å²) < 4.78 is 34.0. The van der Waals surface area contributed by atoms with Crippen LogP contribution in [0.25, 0.3) is 0 Å². The zero-order chi connectivity index (χ0) is 47.8. The Balaban J connectivity index is 3.99. The first-order valence-corrected chi connectivity index (χ1v) is 28.7. The number of nitrogens with zero attached hydrogens (tertiary/aromatic N) is 1. The largest absolute Gasteiger partial charge is 0.756 e. The molecule has 0 bridgehead atoms. The number of hydrogen-bond acceptors (Lipinski definition) is 8. The van der Waals surface area contributed by atoms with E-state index in [0.717, 1.165) is 64.2 Å². The number of likely N-dealkylation sites (N-methyl/N-ethyl adjacent to an activating group) is 1. The highest BCUT2D eigenvalue weighted by Gasteiger charge is 2.21. The van der Waals surface area contributed by atoms with Crippen molar-refractivity contribution in [2.45, 2.75) is 258 Å². The first kappa shape index (κ1) is 63.2. The highest BCUT2D eigenvalue weighted by Crippen LogP contribution is 2.38. The smallest absolute Gasteiger partial charge is 0.306 e. The number of rotatable bonds is 50. The predicted molar refractivity (Wildman–Crippen MR) is 273 cm³/mol. The molecule has 0 spiro atoms. The summed E-state index contributed by atoms with van der Waals surface area (Å²) in [6, 6.07) is 0. The third kappa shape index (κ3) is 51.5. The molecule has 0 radical (unpaired) electrons. The second-order valence-electron chi connectivity index (χ2n) is 19.6. The van der Waals surface area contributed by atoms with Crippen LogP contribution in [-0.4, -0.2) is 70.0 Å². The maximum absolute atomic E-state index is 12.7. The Bertz CT molecular complexity index is 1200. The lowest BCUT2D eigenvalue weighted by molar-refractivity contribution is -0.870. The monoisotopic (exact) mass is 938 g/mol. The molecule has 10 heteroatoms. The van der Waals surface area contributed by atoms with E-state index in [1.807, 2.05) is 21.1 Å². The van der Waals surface area contributed by atoms with Gasteiger partial charge in [-0.2, -0.15) is 0 Å². The van der Waals surface area contributed by atoms with E-state index >= 15 is 0 Å². The zero-order valence-corrected chi connectivity index (χ0v) is 44.1. The van der Waals surface area contributed by atoms with Gasteiger partial charge in [0, 0.05) is 12.8 Å². The summed E-state index contributed by atoms with van der Waals surface area (Å²) in [6.07, 6.45) is 56.4. The van der Waals surface area contributed by atoms with Gasteiger partial charge < -0.3 is 27.9 Å². The molecule has 0 aromatic rings. The summed E-state index contributed by atoms with van der Waals surface area (Å²) in [6.45, 7) is 4.17. The van der Waals surface area contributed by atoms with Crippen LogP contribution >= 0.6 is 7.82 Å². The van der Waals surface area contributed by atoms with Crippen molar-refractivity contribution in [3.8, 4) is 0 Å². The van der Waals surface area contributed by atoms with Gasteiger partial charge in [-0.05, 0) is 64.2 Å². The molecule has 0 amide bonds. The molecule has 0 fully saturated rings. The van der Waals surface area contributed by atoms with Gasteiger partial charge in [0.25, 0.3) is 7.82 Å². The standard InChI is InChI=1S/C55H104NO8P/c1-6-8-10-12-14-16-18-19-20-21-22-23-24-25-26-27-28-29-30-31-32-33-34-35-36-37-38-40-42-44-46-48-55(58)64-53(52-63-65(59,60)62-50-49-56(3,4)5)51-61-54(57)47-45-43-41-39-17-15-13-11-9-7-2/h11,13,18-19,21-22,53H,6-10,12,14-17,20,23-52H2,1-5H3/b13-11-,19-18-,22-21-. The molecule has 65 heavy (non-hydrogen) atoms. The van der Waals surface area contributed by atoms with Crippen LogP contribution < -0.4 is 4.89 Å². The molecule has 0 rings (SSSR count). The lowest BCUT2D eigenvalue weighted by Gasteiger charge is -2.28. The van der Waals surface area contributed by atoms with E-state index in [4.69, 9.17) is 18.5 Å². The zero-order valence-electron chi connectivity index (χ0n) is 43.2. The fourth-order valence-electron chi connectivity index (χ4n) is 7.63. The van der Waals surface area contributed by atoms with Crippen LogP contribution in [0.5, 0.6) is 0 Å². The van der Waals surface area contributed by atoms with Crippen LogP contribution in [0.15, 0.2) is 36.5 Å². The van der Waals surface area contributed by atoms with Gasteiger partial charge in [0.2, 0.25) is 0 Å². The Morgan fingerprint density at radius 2 is 0.862 bits per heavy atom. The van der Waals surface area contributed by atoms with E-state index in [2.05, 4.69) is 50.3 Å². The van der Waals surface area contributed by atoms with Crippen molar-refractivity contribution in [3.63, 3.8) is 0 Å². The van der Waals surface area contributed by atoms with Crippen molar-refractivity contribution in [1.82, 2.24) is 0 Å². The third-order valence-corrected chi connectivity index (χ3v) is 12.8. The van der Waals surface area contributed by atoms with Crippen molar-refractivity contribution >= 4 is 19.8 Å². The van der Waals surface area contributed by atoms with Gasteiger partial charge in [-0.25, -0.2) is 0 Å². The normalized spacial score (nSPS) is 13.6. The molecule has 0 saturated carbocycles. The van der Waals surface area contributed by atoms with Gasteiger partial charge in [-0.3, -0.25) is 14.2 Å². The summed E-state index contributed by atoms with van der Waals surface area (Å²) >= 11 is 0. The molecular formula is C55H104NO8P. The second kappa shape index (κ2) is 47.3. The number of phosphoric ester groups is 1. The van der Waals surface area contributed by atoms with Crippen LogP contribution in [0.1, 0.15) is 251 Å². The van der Waals surface area contributed by atoms with Gasteiger partial charge in [0.05, 0.1) is 27.7 Å². The molecule has 2 atom stereocenters. The fraction of sp³-hybridized carbons (Fsp3) is 0.855. The van der Waals surface area contributed by atoms with E-state index in [9.17, 15) is 19.0 Å². The minimum atomic E-state index is -4.63. The predicted octanol–water partition coefficient (Wildman–Crippen LogP) is 15.8. The topological polar surface area (TPSA) is 111 Å². The molecule has 0 aromatic carbocycles. The van der Waals surface area contributed by atoms with Gasteiger partial charge in [-0.1, -0.05) is 211 Å². The Morgan fingerprint density at radius 1 is 0.477 bits per heavy atom. The first-order chi connectivity index (χ1) is 31.5. The van der Waals surface area contributed by atoms with E-state index in [1.54, 1.807) is 0 Å². The van der Waals surface area contributed by atoms with Gasteiger partial charge >= 0.3 is 11.9 Å². The molecule has 2 unspecified atom stereocenters. The average molecular weight is 938 g/mol. The van der Waals surface area contributed by atoms with Crippen molar-refractivity contribution in [2.24, 2.45) is 0 Å². The quantitative estimate of drug-likeness (QED) is 0.0195. The Kier molecular flexibility index (Phi) is 46.0. The molecule has 0 N–H and O–H groups in total. The Morgan fingerprint density at radius 3 is 1.29 bits per heavy atom. The van der Waals surface area contributed by atoms with Crippen molar-refractivity contribution in [2.75, 3.05) is 47.5 Å². The Hall–Kier alpha value is -1.77. The highest BCUT2D eigenvalue weighted by molar-refractivity contribution is 7.45. The summed E-state index contributed by atoms with van der Waals surface area (Å²) in [5.74, 6) is -0.838. The third-order valence-electron chi connectivity index (χ3n) is 11.9. The van der Waals surface area contributed by atoms with Crippen LogP contribution in [0.4, 0.5) is 0 Å². The van der Waals surface area contributed by atoms with Gasteiger partial charge in [-0.15, -0.1) is 0 Å². The number of quaternary nitrogens is 1. The molecule has 9 nitrogen and oxygen atoms in total. The number of phosphoric acid groups is 1. The molecule has 0 aliphatic rings. The number of esters is 2. The number of unbranched alkanes of at least 4 members (excludes halogenated alkanes) is 30. The second-order valence-corrected chi connectivity index (χ2v) is 21.0. The molecule has 0 aliphatic heterocycles. The number of ether oxygens (including phenoxy) is 2. The number of allylic oxidation sites excluding steroid dienone is 6. The Labute approximate surface area is 401 Å². The molecule has 0 aliphatic carbocycles. The van der Waals surface area contributed by atoms with E-state index in [1.165, 1.54) is 154 Å². The molecular weight excluding hydrogens is 834 g/mol. The van der Waals surface area contributed by atoms with Crippen LogP contribution in [0, 0.1) is 0 Å². The maximum atomic E-state index is 12.7. The number of carbonyl (C=O) groups is 2. The molecule has 382 valence electrons. The molecule has 0 heterocycles. The minimum absolute atomic E-state index is 0.0308. The van der Waals surface area contributed by atoms with Gasteiger partial charge in [0.1, 0.15) is 19.8 Å². The highest BCUT2D eigenvalue weighted by atomic mass is 31.2. The summed E-state index contributed by atoms with van der Waals surface area (Å²) in [5, 5.41) is 0. The molecule has 0 saturated heterocycles. The van der Waals surface area contributed by atoms with Crippen LogP contribution in [-0.2, 0) is 32.7 Å². The van der Waals surface area contributed by atoms with E-state index in [0.29, 0.717) is 17.4 Å². The SMILES string of the molecule is CCC/C=C\CCCCCCCC(=O)OCC(COP(=O)([O-])OCC[N+](C)(C)C)OC(=O)CCCCCCCCCCCCCCCCCCCCC/C=C\C/C=C\CCCCCCC. The summed E-state index contributed by atoms with van der Waals surface area (Å²) in [5.41, 5.74) is 0. The summed E-state index contributed by atoms with van der Waals surface area (Å²) in [7, 11) is 1.17. The van der Waals surface area contributed by atoms with Crippen molar-refractivity contribution in [3.05, 3.63) is 36.5 Å². The van der Waals surface area contributed by atoms with Crippen LogP contribution in [0.3, 0.4) is 0 Å². The minimum Gasteiger partial charge on any atom is -0.756 e. The lowest BCUT2D eigenvalue weighted by atomic mass is 10.0. The lowest BCUT2D eigenvalue weighted by Crippen LogP contribution is -2.37. The van der Waals surface area contributed by atoms with Gasteiger partial charge in [0.15, 0.2) is 6.10 Å².